The summed E-state index contributed by atoms with van der Waals surface area (Å²) in [6.45, 7) is 4.89. The van der Waals surface area contributed by atoms with E-state index in [2.05, 4.69) is 10.0 Å². The molecule has 0 fully saturated rings. The van der Waals surface area contributed by atoms with Crippen LogP contribution in [0.3, 0.4) is 0 Å². The van der Waals surface area contributed by atoms with E-state index in [1.165, 1.54) is 31.2 Å². The standard InChI is InChI=1S/C13H17N3O3S/c1-9(2)13(8-14)16-20(18,19)12-6-4-11(5-7-12)15-10(3)17/h4-7,9,13,16H,1-3H3,(H,15,17). The number of nitrogens with zero attached hydrogens (tertiary/aromatic N) is 1. The van der Waals surface area contributed by atoms with Crippen molar-refractivity contribution in [3.05, 3.63) is 24.3 Å². The maximum absolute atomic E-state index is 12.1. The van der Waals surface area contributed by atoms with E-state index >= 15 is 0 Å². The van der Waals surface area contributed by atoms with Crippen LogP contribution in [-0.4, -0.2) is 20.4 Å². The van der Waals surface area contributed by atoms with Crippen molar-refractivity contribution in [2.75, 3.05) is 5.32 Å². The summed E-state index contributed by atoms with van der Waals surface area (Å²) in [7, 11) is -3.75. The highest BCUT2D eigenvalue weighted by molar-refractivity contribution is 7.89. The van der Waals surface area contributed by atoms with Crippen molar-refractivity contribution >= 4 is 21.6 Å². The summed E-state index contributed by atoms with van der Waals surface area (Å²) in [5, 5.41) is 11.5. The van der Waals surface area contributed by atoms with E-state index in [0.717, 1.165) is 0 Å². The van der Waals surface area contributed by atoms with Crippen LogP contribution in [0.1, 0.15) is 20.8 Å². The first-order chi connectivity index (χ1) is 9.26. The minimum atomic E-state index is -3.75. The van der Waals surface area contributed by atoms with Gasteiger partial charge in [-0.05, 0) is 30.2 Å². The van der Waals surface area contributed by atoms with Crippen molar-refractivity contribution in [3.63, 3.8) is 0 Å². The maximum Gasteiger partial charge on any atom is 0.241 e. The van der Waals surface area contributed by atoms with Gasteiger partial charge in [-0.15, -0.1) is 0 Å². The quantitative estimate of drug-likeness (QED) is 0.859. The summed E-state index contributed by atoms with van der Waals surface area (Å²) in [5.41, 5.74) is 0.511. The highest BCUT2D eigenvalue weighted by atomic mass is 32.2. The number of hydrogen-bond acceptors (Lipinski definition) is 4. The molecular formula is C13H17N3O3S. The van der Waals surface area contributed by atoms with Crippen LogP contribution in [0, 0.1) is 17.2 Å². The summed E-state index contributed by atoms with van der Waals surface area (Å²) in [6.07, 6.45) is 0. The highest BCUT2D eigenvalue weighted by Gasteiger charge is 2.22. The molecule has 0 saturated heterocycles. The number of nitriles is 1. The van der Waals surface area contributed by atoms with Crippen molar-refractivity contribution in [3.8, 4) is 6.07 Å². The number of sulfonamides is 1. The second-order valence-electron chi connectivity index (χ2n) is 4.68. The average Bonchev–Trinajstić information content (AvgIpc) is 2.35. The van der Waals surface area contributed by atoms with Crippen molar-refractivity contribution in [2.24, 2.45) is 5.92 Å². The third-order valence-electron chi connectivity index (χ3n) is 2.57. The second kappa shape index (κ2) is 6.50. The van der Waals surface area contributed by atoms with Crippen molar-refractivity contribution in [1.29, 1.82) is 5.26 Å². The lowest BCUT2D eigenvalue weighted by Gasteiger charge is -2.15. The van der Waals surface area contributed by atoms with E-state index in [1.54, 1.807) is 13.8 Å². The summed E-state index contributed by atoms with van der Waals surface area (Å²) in [4.78, 5) is 10.9. The Kier molecular flexibility index (Phi) is 5.25. The third-order valence-corrected chi connectivity index (χ3v) is 4.03. The number of amides is 1. The van der Waals surface area contributed by atoms with Crippen molar-refractivity contribution in [1.82, 2.24) is 4.72 Å². The van der Waals surface area contributed by atoms with Crippen LogP contribution in [0.2, 0.25) is 0 Å². The van der Waals surface area contributed by atoms with Crippen LogP contribution in [0.15, 0.2) is 29.2 Å². The van der Waals surface area contributed by atoms with E-state index in [0.29, 0.717) is 5.69 Å². The van der Waals surface area contributed by atoms with E-state index in [4.69, 9.17) is 5.26 Å². The normalized spacial score (nSPS) is 12.8. The van der Waals surface area contributed by atoms with Crippen LogP contribution in [-0.2, 0) is 14.8 Å². The highest BCUT2D eigenvalue weighted by Crippen LogP contribution is 2.15. The van der Waals surface area contributed by atoms with E-state index < -0.39 is 16.1 Å². The first kappa shape index (κ1) is 16.1. The van der Waals surface area contributed by atoms with Gasteiger partial charge in [0.05, 0.1) is 11.0 Å². The monoisotopic (exact) mass is 295 g/mol. The van der Waals surface area contributed by atoms with Crippen LogP contribution < -0.4 is 10.0 Å². The van der Waals surface area contributed by atoms with Gasteiger partial charge in [-0.25, -0.2) is 8.42 Å². The number of hydrogen-bond donors (Lipinski definition) is 2. The average molecular weight is 295 g/mol. The molecule has 0 radical (unpaired) electrons. The molecule has 1 rings (SSSR count). The first-order valence-corrected chi connectivity index (χ1v) is 7.54. The van der Waals surface area contributed by atoms with Gasteiger partial charge in [-0.2, -0.15) is 9.98 Å². The van der Waals surface area contributed by atoms with E-state index in [1.807, 2.05) is 6.07 Å². The Balaban J connectivity index is 2.93. The molecule has 0 aromatic heterocycles. The summed E-state index contributed by atoms with van der Waals surface area (Å²) in [6, 6.07) is 6.88. The van der Waals surface area contributed by atoms with Crippen LogP contribution >= 0.6 is 0 Å². The first-order valence-electron chi connectivity index (χ1n) is 6.06. The van der Waals surface area contributed by atoms with Crippen LogP contribution in [0.5, 0.6) is 0 Å². The molecule has 0 spiro atoms. The molecule has 0 aliphatic rings. The van der Waals surface area contributed by atoms with Crippen LogP contribution in [0.4, 0.5) is 5.69 Å². The zero-order chi connectivity index (χ0) is 15.3. The fourth-order valence-corrected chi connectivity index (χ4v) is 2.76. The molecule has 0 aliphatic carbocycles. The molecule has 1 aromatic carbocycles. The lowest BCUT2D eigenvalue weighted by Crippen LogP contribution is -2.37. The predicted molar refractivity (Wildman–Crippen MR) is 75.3 cm³/mol. The number of benzene rings is 1. The van der Waals surface area contributed by atoms with Crippen molar-refractivity contribution in [2.45, 2.75) is 31.7 Å². The van der Waals surface area contributed by atoms with Gasteiger partial charge in [-0.3, -0.25) is 4.79 Å². The molecule has 1 aromatic rings. The molecule has 0 saturated carbocycles. The topological polar surface area (TPSA) is 99.1 Å². The van der Waals surface area contributed by atoms with E-state index in [9.17, 15) is 13.2 Å². The Morgan fingerprint density at radius 1 is 1.25 bits per heavy atom. The van der Waals surface area contributed by atoms with Gasteiger partial charge in [0.2, 0.25) is 15.9 Å². The number of anilines is 1. The minimum Gasteiger partial charge on any atom is -0.326 e. The molecule has 0 heterocycles. The molecule has 0 bridgehead atoms. The SMILES string of the molecule is CC(=O)Nc1ccc(S(=O)(=O)NC(C#N)C(C)C)cc1. The number of carbonyl (C=O) groups excluding carboxylic acids is 1. The maximum atomic E-state index is 12.1. The molecule has 108 valence electrons. The Morgan fingerprint density at radius 2 is 1.80 bits per heavy atom. The van der Waals surface area contributed by atoms with Gasteiger partial charge in [-0.1, -0.05) is 13.8 Å². The number of nitrogens with one attached hydrogen (secondary N) is 2. The van der Waals surface area contributed by atoms with Gasteiger partial charge in [0.15, 0.2) is 0 Å². The van der Waals surface area contributed by atoms with Gasteiger partial charge in [0, 0.05) is 12.6 Å². The molecular weight excluding hydrogens is 278 g/mol. The van der Waals surface area contributed by atoms with Gasteiger partial charge in [0.25, 0.3) is 0 Å². The Hall–Kier alpha value is -1.91. The summed E-state index contributed by atoms with van der Waals surface area (Å²) in [5.74, 6) is -0.364. The van der Waals surface area contributed by atoms with Gasteiger partial charge >= 0.3 is 0 Å². The fraction of sp³-hybridized carbons (Fsp3) is 0.385. The minimum absolute atomic E-state index is 0.0486. The summed E-state index contributed by atoms with van der Waals surface area (Å²) < 4.78 is 26.5. The van der Waals surface area contributed by atoms with Crippen LogP contribution in [0.25, 0.3) is 0 Å². The van der Waals surface area contributed by atoms with E-state index in [-0.39, 0.29) is 16.7 Å². The molecule has 6 nitrogen and oxygen atoms in total. The molecule has 2 N–H and O–H groups in total. The number of carbonyl (C=O) groups is 1. The van der Waals surface area contributed by atoms with Gasteiger partial charge in [0.1, 0.15) is 6.04 Å². The summed E-state index contributed by atoms with van der Waals surface area (Å²) >= 11 is 0. The smallest absolute Gasteiger partial charge is 0.241 e. The fourth-order valence-electron chi connectivity index (χ4n) is 1.47. The molecule has 7 heteroatoms. The second-order valence-corrected chi connectivity index (χ2v) is 6.39. The Bertz CT molecular complexity index is 615. The molecule has 1 atom stereocenters. The predicted octanol–water partition coefficient (Wildman–Crippen LogP) is 1.47. The molecule has 20 heavy (non-hydrogen) atoms. The zero-order valence-corrected chi connectivity index (χ0v) is 12.4. The number of rotatable bonds is 5. The third kappa shape index (κ3) is 4.33. The van der Waals surface area contributed by atoms with Gasteiger partial charge < -0.3 is 5.32 Å². The lowest BCUT2D eigenvalue weighted by atomic mass is 10.1. The zero-order valence-electron chi connectivity index (χ0n) is 11.5. The largest absolute Gasteiger partial charge is 0.326 e. The molecule has 0 aliphatic heterocycles. The lowest BCUT2D eigenvalue weighted by molar-refractivity contribution is -0.114. The Morgan fingerprint density at radius 3 is 2.20 bits per heavy atom. The molecule has 1 unspecified atom stereocenters. The van der Waals surface area contributed by atoms with Crippen molar-refractivity contribution < 1.29 is 13.2 Å². The molecule has 1 amide bonds. The Labute approximate surface area is 118 Å².